The highest BCUT2D eigenvalue weighted by molar-refractivity contribution is 14.0. The maximum Gasteiger partial charge on any atom is 0.191 e. The van der Waals surface area contributed by atoms with Crippen LogP contribution in [0.15, 0.2) is 47.5 Å². The number of benzene rings is 2. The number of nitrogens with zero attached hydrogens (tertiary/aromatic N) is 1. The van der Waals surface area contributed by atoms with Gasteiger partial charge in [-0.25, -0.2) is 0 Å². The fourth-order valence-electron chi connectivity index (χ4n) is 3.98. The van der Waals surface area contributed by atoms with Gasteiger partial charge in [-0.1, -0.05) is 29.8 Å². The van der Waals surface area contributed by atoms with Crippen molar-refractivity contribution in [1.29, 1.82) is 0 Å². The van der Waals surface area contributed by atoms with E-state index >= 15 is 0 Å². The van der Waals surface area contributed by atoms with Gasteiger partial charge in [-0.15, -0.1) is 24.0 Å². The molecule has 3 rings (SSSR count). The van der Waals surface area contributed by atoms with E-state index in [-0.39, 0.29) is 29.4 Å². The number of hydrogen-bond acceptors (Lipinski definition) is 4. The molecule has 0 saturated carbocycles. The summed E-state index contributed by atoms with van der Waals surface area (Å²) in [6.45, 7) is 3.02. The molecule has 1 aliphatic heterocycles. The van der Waals surface area contributed by atoms with Crippen LogP contribution in [0.2, 0.25) is 5.02 Å². The molecule has 32 heavy (non-hydrogen) atoms. The van der Waals surface area contributed by atoms with Gasteiger partial charge in [-0.3, -0.25) is 4.99 Å². The fourth-order valence-corrected chi connectivity index (χ4v) is 4.17. The summed E-state index contributed by atoms with van der Waals surface area (Å²) in [5.41, 5.74) is 2.39. The molecule has 8 heteroatoms. The molecule has 2 aromatic carbocycles. The maximum atomic E-state index is 6.28. The van der Waals surface area contributed by atoms with E-state index in [9.17, 15) is 0 Å². The number of methoxy groups -OCH3 is 2. The molecule has 176 valence electrons. The number of halogens is 2. The van der Waals surface area contributed by atoms with Gasteiger partial charge in [0.15, 0.2) is 17.5 Å². The first-order chi connectivity index (χ1) is 15.1. The van der Waals surface area contributed by atoms with Crippen LogP contribution < -0.4 is 20.1 Å². The molecule has 1 saturated heterocycles. The second-order valence-corrected chi connectivity index (χ2v) is 8.13. The van der Waals surface area contributed by atoms with E-state index in [0.29, 0.717) is 0 Å². The molecular weight excluding hydrogens is 541 g/mol. The van der Waals surface area contributed by atoms with Crippen LogP contribution in [0.4, 0.5) is 0 Å². The Kier molecular flexibility index (Phi) is 10.9. The van der Waals surface area contributed by atoms with Crippen LogP contribution in [0, 0.1) is 0 Å². The SMILES string of the molecule is CN=C(NCCc1ccc(OC)c(OC)c1)NCC1(c2cccc(Cl)c2)CCOCC1.I. The fraction of sp³-hybridized carbons (Fsp3) is 0.458. The van der Waals surface area contributed by atoms with Crippen LogP contribution in [0.1, 0.15) is 24.0 Å². The van der Waals surface area contributed by atoms with Crippen LogP contribution in [-0.2, 0) is 16.6 Å². The number of rotatable bonds is 8. The third-order valence-electron chi connectivity index (χ3n) is 5.86. The van der Waals surface area contributed by atoms with Gasteiger partial charge in [0.25, 0.3) is 0 Å². The highest BCUT2D eigenvalue weighted by Crippen LogP contribution is 2.35. The van der Waals surface area contributed by atoms with Crippen molar-refractivity contribution in [2.45, 2.75) is 24.7 Å². The second kappa shape index (κ2) is 13.1. The van der Waals surface area contributed by atoms with Crippen LogP contribution >= 0.6 is 35.6 Å². The monoisotopic (exact) mass is 573 g/mol. The molecule has 1 aliphatic rings. The van der Waals surface area contributed by atoms with Gasteiger partial charge < -0.3 is 24.8 Å². The van der Waals surface area contributed by atoms with Gasteiger partial charge in [0, 0.05) is 43.8 Å². The summed E-state index contributed by atoms with van der Waals surface area (Å²) < 4.78 is 16.3. The minimum Gasteiger partial charge on any atom is -0.493 e. The van der Waals surface area contributed by atoms with Gasteiger partial charge in [0.05, 0.1) is 14.2 Å². The predicted molar refractivity (Wildman–Crippen MR) is 141 cm³/mol. The van der Waals surface area contributed by atoms with Crippen LogP contribution in [0.25, 0.3) is 0 Å². The van der Waals surface area contributed by atoms with Crippen LogP contribution in [-0.4, -0.2) is 53.5 Å². The minimum atomic E-state index is -0.0237. The van der Waals surface area contributed by atoms with E-state index in [0.717, 1.165) is 68.0 Å². The first-order valence-corrected chi connectivity index (χ1v) is 11.0. The topological polar surface area (TPSA) is 64.1 Å². The van der Waals surface area contributed by atoms with E-state index in [4.69, 9.17) is 25.8 Å². The largest absolute Gasteiger partial charge is 0.493 e. The van der Waals surface area contributed by atoms with Crippen molar-refractivity contribution in [1.82, 2.24) is 10.6 Å². The van der Waals surface area contributed by atoms with Crippen molar-refractivity contribution >= 4 is 41.5 Å². The van der Waals surface area contributed by atoms with Crippen molar-refractivity contribution in [2.24, 2.45) is 4.99 Å². The zero-order valence-electron chi connectivity index (χ0n) is 18.9. The highest BCUT2D eigenvalue weighted by atomic mass is 127. The quantitative estimate of drug-likeness (QED) is 0.278. The van der Waals surface area contributed by atoms with Gasteiger partial charge in [0.1, 0.15) is 0 Å². The highest BCUT2D eigenvalue weighted by Gasteiger charge is 2.34. The van der Waals surface area contributed by atoms with Gasteiger partial charge in [-0.05, 0) is 54.7 Å². The maximum absolute atomic E-state index is 6.28. The Labute approximate surface area is 213 Å². The molecule has 2 aromatic rings. The Morgan fingerprint density at radius 3 is 2.47 bits per heavy atom. The molecule has 0 aliphatic carbocycles. The van der Waals surface area contributed by atoms with E-state index in [1.165, 1.54) is 11.1 Å². The first kappa shape index (κ1) is 26.5. The lowest BCUT2D eigenvalue weighted by atomic mass is 9.74. The summed E-state index contributed by atoms with van der Waals surface area (Å²) in [4.78, 5) is 4.40. The van der Waals surface area contributed by atoms with Crippen molar-refractivity contribution in [3.8, 4) is 11.5 Å². The first-order valence-electron chi connectivity index (χ1n) is 10.6. The molecule has 1 heterocycles. The zero-order valence-corrected chi connectivity index (χ0v) is 22.0. The third kappa shape index (κ3) is 6.89. The Bertz CT molecular complexity index is 889. The van der Waals surface area contributed by atoms with Crippen LogP contribution in [0.3, 0.4) is 0 Å². The van der Waals surface area contributed by atoms with Gasteiger partial charge >= 0.3 is 0 Å². The molecule has 2 N–H and O–H groups in total. The molecule has 0 radical (unpaired) electrons. The Hall–Kier alpha value is -1.71. The van der Waals surface area contributed by atoms with Gasteiger partial charge in [-0.2, -0.15) is 0 Å². The lowest BCUT2D eigenvalue weighted by Gasteiger charge is -2.38. The Balaban J connectivity index is 0.00000363. The summed E-state index contributed by atoms with van der Waals surface area (Å²) in [6.07, 6.45) is 2.74. The average Bonchev–Trinajstić information content (AvgIpc) is 2.81. The van der Waals surface area contributed by atoms with E-state index in [1.807, 2.05) is 24.3 Å². The summed E-state index contributed by atoms with van der Waals surface area (Å²) in [5.74, 6) is 2.26. The molecule has 6 nitrogen and oxygen atoms in total. The van der Waals surface area contributed by atoms with Crippen molar-refractivity contribution in [2.75, 3.05) is 47.6 Å². The zero-order chi connectivity index (χ0) is 22.1. The number of hydrogen-bond donors (Lipinski definition) is 2. The summed E-state index contributed by atoms with van der Waals surface area (Å²) in [7, 11) is 5.09. The summed E-state index contributed by atoms with van der Waals surface area (Å²) >= 11 is 6.28. The molecule has 0 bridgehead atoms. The molecule has 0 unspecified atom stereocenters. The lowest BCUT2D eigenvalue weighted by Crippen LogP contribution is -2.48. The van der Waals surface area contributed by atoms with E-state index in [1.54, 1.807) is 21.3 Å². The summed E-state index contributed by atoms with van der Waals surface area (Å²) in [5, 5.41) is 7.70. The van der Waals surface area contributed by atoms with Gasteiger partial charge in [0.2, 0.25) is 0 Å². The Morgan fingerprint density at radius 2 is 1.81 bits per heavy atom. The Morgan fingerprint density at radius 1 is 1.06 bits per heavy atom. The molecule has 0 amide bonds. The molecule has 0 spiro atoms. The van der Waals surface area contributed by atoms with Crippen molar-refractivity contribution in [3.63, 3.8) is 0 Å². The van der Waals surface area contributed by atoms with Crippen LogP contribution in [0.5, 0.6) is 11.5 Å². The number of guanidine groups is 1. The molecule has 1 fully saturated rings. The lowest BCUT2D eigenvalue weighted by molar-refractivity contribution is 0.0514. The average molecular weight is 574 g/mol. The van der Waals surface area contributed by atoms with E-state index < -0.39 is 0 Å². The normalized spacial score (nSPS) is 15.4. The molecule has 0 aromatic heterocycles. The smallest absolute Gasteiger partial charge is 0.191 e. The number of aliphatic imine (C=N–C) groups is 1. The van der Waals surface area contributed by atoms with Crippen molar-refractivity contribution in [3.05, 3.63) is 58.6 Å². The standard InChI is InChI=1S/C24H32ClN3O3.HI/c1-26-23(27-12-9-18-7-8-21(29-2)22(15-18)30-3)28-17-24(10-13-31-14-11-24)19-5-4-6-20(25)16-19;/h4-8,15-16H,9-14,17H2,1-3H3,(H2,26,27,28);1H. The second-order valence-electron chi connectivity index (χ2n) is 7.69. The number of ether oxygens (including phenoxy) is 3. The predicted octanol–water partition coefficient (Wildman–Crippen LogP) is 4.43. The van der Waals surface area contributed by atoms with Crippen molar-refractivity contribution < 1.29 is 14.2 Å². The molecule has 0 atom stereocenters. The third-order valence-corrected chi connectivity index (χ3v) is 6.09. The molecular formula is C24H33ClIN3O3. The minimum absolute atomic E-state index is 0. The number of nitrogens with one attached hydrogen (secondary N) is 2. The summed E-state index contributed by atoms with van der Waals surface area (Å²) in [6, 6.07) is 14.2. The van der Waals surface area contributed by atoms with E-state index in [2.05, 4.69) is 33.8 Å².